The number of fused-ring (bicyclic) bond motifs is 1. The molecule has 3 rings (SSSR count). The van der Waals surface area contributed by atoms with Crippen LogP contribution in [0.15, 0.2) is 29.6 Å². The molecule has 2 heterocycles. The van der Waals surface area contributed by atoms with E-state index in [1.165, 1.54) is 6.07 Å². The van der Waals surface area contributed by atoms with Gasteiger partial charge in [0.2, 0.25) is 0 Å². The molecular weight excluding hydrogens is 312 g/mol. The summed E-state index contributed by atoms with van der Waals surface area (Å²) in [6, 6.07) is 6.94. The molecule has 23 heavy (non-hydrogen) atoms. The predicted molar refractivity (Wildman–Crippen MR) is 92.2 cm³/mol. The summed E-state index contributed by atoms with van der Waals surface area (Å²) >= 11 is 1.64. The fourth-order valence-electron chi connectivity index (χ4n) is 2.50. The van der Waals surface area contributed by atoms with Crippen molar-refractivity contribution >= 4 is 33.6 Å². The van der Waals surface area contributed by atoms with Gasteiger partial charge in [0, 0.05) is 41.2 Å². The lowest BCUT2D eigenvalue weighted by atomic mass is 10.1. The van der Waals surface area contributed by atoms with Crippen LogP contribution in [0.3, 0.4) is 0 Å². The molecule has 2 aromatic heterocycles. The molecule has 0 atom stereocenters. The summed E-state index contributed by atoms with van der Waals surface area (Å²) < 4.78 is 0. The number of para-hydroxylation sites is 1. The van der Waals surface area contributed by atoms with Crippen LogP contribution in [-0.4, -0.2) is 21.4 Å². The molecular formula is C16H16N4O2S. The molecule has 0 fully saturated rings. The van der Waals surface area contributed by atoms with Crippen LogP contribution in [0.2, 0.25) is 0 Å². The van der Waals surface area contributed by atoms with E-state index in [1.54, 1.807) is 17.4 Å². The maximum atomic E-state index is 11.2. The van der Waals surface area contributed by atoms with Gasteiger partial charge in [-0.2, -0.15) is 0 Å². The third kappa shape index (κ3) is 3.29. The van der Waals surface area contributed by atoms with Gasteiger partial charge in [-0.15, -0.1) is 11.3 Å². The molecule has 0 amide bonds. The monoisotopic (exact) mass is 328 g/mol. The lowest BCUT2D eigenvalue weighted by Crippen LogP contribution is -2.06. The summed E-state index contributed by atoms with van der Waals surface area (Å²) in [5, 5.41) is 18.4. The van der Waals surface area contributed by atoms with E-state index in [2.05, 4.69) is 20.7 Å². The Morgan fingerprint density at radius 2 is 2.13 bits per heavy atom. The molecule has 0 aliphatic heterocycles. The van der Waals surface area contributed by atoms with Gasteiger partial charge in [0.15, 0.2) is 5.52 Å². The zero-order valence-electron chi connectivity index (χ0n) is 12.9. The Hall–Kier alpha value is -2.54. The van der Waals surface area contributed by atoms with Gasteiger partial charge in [0.1, 0.15) is 0 Å². The Balaban J connectivity index is 1.88. The van der Waals surface area contributed by atoms with E-state index in [1.807, 2.05) is 26.0 Å². The Morgan fingerprint density at radius 3 is 2.83 bits per heavy atom. The number of aromatic nitrogens is 2. The smallest absolute Gasteiger partial charge is 0.295 e. The first-order valence-corrected chi connectivity index (χ1v) is 8.12. The number of anilines is 1. The summed E-state index contributed by atoms with van der Waals surface area (Å²) in [6.07, 6.45) is 0.808. The minimum atomic E-state index is -0.392. The Morgan fingerprint density at radius 1 is 1.30 bits per heavy atom. The lowest BCUT2D eigenvalue weighted by Gasteiger charge is -2.10. The second-order valence-electron chi connectivity index (χ2n) is 5.28. The third-order valence-electron chi connectivity index (χ3n) is 3.51. The van der Waals surface area contributed by atoms with Crippen molar-refractivity contribution in [1.29, 1.82) is 0 Å². The standard InChI is InChI=1S/C16H16N4O2S/c1-10-8-14(17-7-6-12-9-23-11(2)19-12)13-4-3-5-15(20(21)22)16(13)18-10/h3-5,8-9H,6-7H2,1-2H3,(H,17,18). The number of benzene rings is 1. The van der Waals surface area contributed by atoms with Crippen LogP contribution >= 0.6 is 11.3 Å². The number of hydrogen-bond acceptors (Lipinski definition) is 6. The number of nitro groups is 1. The first-order chi connectivity index (χ1) is 11.0. The average Bonchev–Trinajstić information content (AvgIpc) is 2.91. The highest BCUT2D eigenvalue weighted by Crippen LogP contribution is 2.29. The first kappa shape index (κ1) is 15.4. The van der Waals surface area contributed by atoms with Gasteiger partial charge in [0.05, 0.1) is 15.6 Å². The minimum Gasteiger partial charge on any atom is -0.384 e. The summed E-state index contributed by atoms with van der Waals surface area (Å²) in [5.74, 6) is 0. The van der Waals surface area contributed by atoms with Crippen LogP contribution in [-0.2, 0) is 6.42 Å². The van der Waals surface area contributed by atoms with Crippen molar-refractivity contribution in [2.24, 2.45) is 0 Å². The van der Waals surface area contributed by atoms with Crippen LogP contribution in [0.5, 0.6) is 0 Å². The van der Waals surface area contributed by atoms with Crippen molar-refractivity contribution < 1.29 is 4.92 Å². The molecule has 7 heteroatoms. The zero-order chi connectivity index (χ0) is 16.4. The molecule has 0 unspecified atom stereocenters. The molecule has 0 spiro atoms. The van der Waals surface area contributed by atoms with Crippen LogP contribution in [0.1, 0.15) is 16.4 Å². The molecule has 0 radical (unpaired) electrons. The maximum absolute atomic E-state index is 11.2. The Labute approximate surface area is 137 Å². The van der Waals surface area contributed by atoms with Crippen LogP contribution in [0.4, 0.5) is 11.4 Å². The number of hydrogen-bond donors (Lipinski definition) is 1. The SMILES string of the molecule is Cc1cc(NCCc2csc(C)n2)c2cccc([N+](=O)[O-])c2n1. The first-order valence-electron chi connectivity index (χ1n) is 7.24. The highest BCUT2D eigenvalue weighted by Gasteiger charge is 2.15. The number of pyridine rings is 1. The maximum Gasteiger partial charge on any atom is 0.295 e. The van der Waals surface area contributed by atoms with E-state index < -0.39 is 4.92 Å². The van der Waals surface area contributed by atoms with Crippen molar-refractivity contribution in [3.8, 4) is 0 Å². The number of nitro benzene ring substituents is 1. The number of nitrogens with one attached hydrogen (secondary N) is 1. The van der Waals surface area contributed by atoms with Crippen LogP contribution in [0.25, 0.3) is 10.9 Å². The van der Waals surface area contributed by atoms with Gasteiger partial charge in [0.25, 0.3) is 5.69 Å². The zero-order valence-corrected chi connectivity index (χ0v) is 13.7. The van der Waals surface area contributed by atoms with Crippen LogP contribution < -0.4 is 5.32 Å². The molecule has 0 aliphatic carbocycles. The molecule has 118 valence electrons. The molecule has 1 aromatic carbocycles. The van der Waals surface area contributed by atoms with E-state index in [0.717, 1.165) is 33.9 Å². The van der Waals surface area contributed by atoms with Crippen molar-refractivity contribution in [3.05, 3.63) is 56.2 Å². The largest absolute Gasteiger partial charge is 0.384 e. The lowest BCUT2D eigenvalue weighted by molar-refractivity contribution is -0.383. The minimum absolute atomic E-state index is 0.0318. The van der Waals surface area contributed by atoms with Gasteiger partial charge in [-0.1, -0.05) is 12.1 Å². The van der Waals surface area contributed by atoms with Gasteiger partial charge in [-0.3, -0.25) is 10.1 Å². The molecule has 6 nitrogen and oxygen atoms in total. The van der Waals surface area contributed by atoms with E-state index >= 15 is 0 Å². The molecule has 0 bridgehead atoms. The quantitative estimate of drug-likeness (QED) is 0.568. The molecule has 3 aromatic rings. The van der Waals surface area contributed by atoms with E-state index in [4.69, 9.17) is 0 Å². The van der Waals surface area contributed by atoms with Crippen LogP contribution in [0, 0.1) is 24.0 Å². The Bertz CT molecular complexity index is 876. The van der Waals surface area contributed by atoms with Gasteiger partial charge < -0.3 is 5.32 Å². The molecule has 0 saturated carbocycles. The normalized spacial score (nSPS) is 10.9. The van der Waals surface area contributed by atoms with E-state index in [0.29, 0.717) is 12.1 Å². The molecule has 1 N–H and O–H groups in total. The van der Waals surface area contributed by atoms with Gasteiger partial charge in [-0.05, 0) is 19.9 Å². The van der Waals surface area contributed by atoms with Crippen molar-refractivity contribution in [2.75, 3.05) is 11.9 Å². The number of thiazole rings is 1. The highest BCUT2D eigenvalue weighted by atomic mass is 32.1. The van der Waals surface area contributed by atoms with Crippen molar-refractivity contribution in [3.63, 3.8) is 0 Å². The average molecular weight is 328 g/mol. The highest BCUT2D eigenvalue weighted by molar-refractivity contribution is 7.09. The second kappa shape index (κ2) is 6.29. The van der Waals surface area contributed by atoms with Crippen molar-refractivity contribution in [2.45, 2.75) is 20.3 Å². The fraction of sp³-hybridized carbons (Fsp3) is 0.250. The number of nitrogens with zero attached hydrogens (tertiary/aromatic N) is 3. The summed E-state index contributed by atoms with van der Waals surface area (Å²) in [6.45, 7) is 4.54. The predicted octanol–water partition coefficient (Wildman–Crippen LogP) is 3.87. The third-order valence-corrected chi connectivity index (χ3v) is 4.33. The number of aryl methyl sites for hydroxylation is 2. The van der Waals surface area contributed by atoms with E-state index in [9.17, 15) is 10.1 Å². The molecule has 0 aliphatic rings. The number of rotatable bonds is 5. The summed E-state index contributed by atoms with van der Waals surface area (Å²) in [5.41, 5.74) is 3.12. The van der Waals surface area contributed by atoms with E-state index in [-0.39, 0.29) is 5.69 Å². The van der Waals surface area contributed by atoms with Crippen molar-refractivity contribution in [1.82, 2.24) is 9.97 Å². The van der Waals surface area contributed by atoms with Gasteiger partial charge in [-0.25, -0.2) is 9.97 Å². The Kier molecular flexibility index (Phi) is 4.20. The summed E-state index contributed by atoms with van der Waals surface area (Å²) in [4.78, 5) is 19.6. The number of non-ortho nitro benzene ring substituents is 1. The fourth-order valence-corrected chi connectivity index (χ4v) is 3.15. The summed E-state index contributed by atoms with van der Waals surface area (Å²) in [7, 11) is 0. The topological polar surface area (TPSA) is 81.0 Å². The van der Waals surface area contributed by atoms with Gasteiger partial charge >= 0.3 is 0 Å². The second-order valence-corrected chi connectivity index (χ2v) is 6.34. The molecule has 0 saturated heterocycles.